The Morgan fingerprint density at radius 1 is 1.22 bits per heavy atom. The molecule has 0 radical (unpaired) electrons. The minimum Gasteiger partial charge on any atom is -0.492 e. The van der Waals surface area contributed by atoms with Gasteiger partial charge in [-0.2, -0.15) is 0 Å². The highest BCUT2D eigenvalue weighted by Crippen LogP contribution is 2.27. The Kier molecular flexibility index (Phi) is 5.38. The van der Waals surface area contributed by atoms with Gasteiger partial charge in [0.15, 0.2) is 0 Å². The number of hydrogen-bond acceptors (Lipinski definition) is 4. The van der Waals surface area contributed by atoms with Crippen molar-refractivity contribution in [2.24, 2.45) is 5.73 Å². The number of nitrogens with two attached hydrogens (primary N) is 1. The summed E-state index contributed by atoms with van der Waals surface area (Å²) >= 11 is 0. The first-order chi connectivity index (χ1) is 10.8. The van der Waals surface area contributed by atoms with Gasteiger partial charge in [-0.05, 0) is 24.3 Å². The summed E-state index contributed by atoms with van der Waals surface area (Å²) in [4.78, 5) is 4.15. The number of pyridine rings is 1. The van der Waals surface area contributed by atoms with E-state index in [4.69, 9.17) is 10.5 Å². The van der Waals surface area contributed by atoms with Gasteiger partial charge in [-0.15, -0.1) is 13.2 Å². The molecule has 0 saturated carbocycles. The molecule has 124 valence electrons. The molecule has 0 spiro atoms. The van der Waals surface area contributed by atoms with Crippen molar-refractivity contribution in [1.29, 1.82) is 0 Å². The van der Waals surface area contributed by atoms with Gasteiger partial charge >= 0.3 is 6.36 Å². The number of hydrogen-bond donors (Lipinski definition) is 1. The molecule has 0 unspecified atom stereocenters. The fourth-order valence-electron chi connectivity index (χ4n) is 1.90. The van der Waals surface area contributed by atoms with Crippen LogP contribution in [0.5, 0.6) is 11.5 Å². The molecule has 3 rings (SSSR count). The van der Waals surface area contributed by atoms with Gasteiger partial charge in [0.1, 0.15) is 17.3 Å². The Balaban J connectivity index is 0.000000167. The molecular formula is C15H14F4N2O2. The van der Waals surface area contributed by atoms with E-state index < -0.39 is 17.9 Å². The van der Waals surface area contributed by atoms with Crippen molar-refractivity contribution in [3.8, 4) is 11.5 Å². The zero-order valence-corrected chi connectivity index (χ0v) is 11.9. The van der Waals surface area contributed by atoms with Crippen LogP contribution >= 0.6 is 0 Å². The predicted molar refractivity (Wildman–Crippen MR) is 74.4 cm³/mol. The molecule has 2 heterocycles. The van der Waals surface area contributed by atoms with E-state index in [0.29, 0.717) is 12.7 Å². The molecule has 1 aromatic heterocycles. The molecule has 8 heteroatoms. The van der Waals surface area contributed by atoms with Crippen LogP contribution in [-0.2, 0) is 0 Å². The lowest BCUT2D eigenvalue weighted by Crippen LogP contribution is -2.21. The lowest BCUT2D eigenvalue weighted by molar-refractivity contribution is -0.274. The minimum absolute atomic E-state index is 0.0555. The smallest absolute Gasteiger partial charge is 0.492 e. The van der Waals surface area contributed by atoms with Crippen LogP contribution < -0.4 is 15.2 Å². The number of alkyl halides is 3. The second-order valence-corrected chi connectivity index (χ2v) is 4.64. The molecule has 2 aromatic rings. The molecule has 2 N–H and O–H groups in total. The second-order valence-electron chi connectivity index (χ2n) is 4.64. The van der Waals surface area contributed by atoms with Crippen LogP contribution in [0.3, 0.4) is 0 Å². The van der Waals surface area contributed by atoms with Crippen LogP contribution in [0.1, 0.15) is 18.2 Å². The van der Waals surface area contributed by atoms with Crippen molar-refractivity contribution in [2.75, 3.05) is 6.61 Å². The van der Waals surface area contributed by atoms with E-state index in [0.717, 1.165) is 36.1 Å². The van der Waals surface area contributed by atoms with Crippen molar-refractivity contribution in [1.82, 2.24) is 4.98 Å². The van der Waals surface area contributed by atoms with Crippen LogP contribution in [0, 0.1) is 5.82 Å². The summed E-state index contributed by atoms with van der Waals surface area (Å²) < 4.78 is 55.7. The van der Waals surface area contributed by atoms with Gasteiger partial charge in [-0.1, -0.05) is 6.07 Å². The molecular weight excluding hydrogens is 316 g/mol. The number of halogens is 4. The highest BCUT2D eigenvalue weighted by atomic mass is 19.4. The zero-order valence-electron chi connectivity index (χ0n) is 11.9. The van der Waals surface area contributed by atoms with Gasteiger partial charge in [0.05, 0.1) is 18.3 Å². The third-order valence-electron chi connectivity index (χ3n) is 2.87. The molecule has 1 aliphatic heterocycles. The van der Waals surface area contributed by atoms with E-state index in [9.17, 15) is 17.6 Å². The van der Waals surface area contributed by atoms with E-state index in [1.807, 2.05) is 12.1 Å². The first kappa shape index (κ1) is 17.0. The van der Waals surface area contributed by atoms with E-state index in [1.165, 1.54) is 0 Å². The SMILES string of the molecule is Fc1cccc(OC(F)(F)F)c1.N[C@@H]1CCOc2cccnc21. The highest BCUT2D eigenvalue weighted by Gasteiger charge is 2.31. The third-order valence-corrected chi connectivity index (χ3v) is 2.87. The normalized spacial score (nSPS) is 16.5. The molecule has 0 fully saturated rings. The van der Waals surface area contributed by atoms with E-state index in [1.54, 1.807) is 6.20 Å². The second kappa shape index (κ2) is 7.28. The van der Waals surface area contributed by atoms with E-state index in [-0.39, 0.29) is 6.04 Å². The average Bonchev–Trinajstić information content (AvgIpc) is 2.47. The van der Waals surface area contributed by atoms with Gasteiger partial charge in [-0.3, -0.25) is 4.98 Å². The van der Waals surface area contributed by atoms with Gasteiger partial charge < -0.3 is 15.2 Å². The summed E-state index contributed by atoms with van der Waals surface area (Å²) in [5.74, 6) is -0.481. The van der Waals surface area contributed by atoms with Crippen molar-refractivity contribution in [3.63, 3.8) is 0 Å². The van der Waals surface area contributed by atoms with E-state index in [2.05, 4.69) is 9.72 Å². The third kappa shape index (κ3) is 5.41. The first-order valence-corrected chi connectivity index (χ1v) is 6.70. The summed E-state index contributed by atoms with van der Waals surface area (Å²) in [5, 5.41) is 0. The monoisotopic (exact) mass is 330 g/mol. The number of rotatable bonds is 1. The minimum atomic E-state index is -4.77. The maximum absolute atomic E-state index is 12.3. The van der Waals surface area contributed by atoms with Gasteiger partial charge in [0.2, 0.25) is 0 Å². The maximum atomic E-state index is 12.3. The lowest BCUT2D eigenvalue weighted by atomic mass is 10.1. The van der Waals surface area contributed by atoms with Gasteiger partial charge in [0, 0.05) is 18.7 Å². The zero-order chi connectivity index (χ0) is 16.9. The van der Waals surface area contributed by atoms with Crippen LogP contribution in [0.15, 0.2) is 42.6 Å². The number of nitrogens with zero attached hydrogens (tertiary/aromatic N) is 1. The molecule has 1 atom stereocenters. The molecule has 0 aliphatic carbocycles. The summed E-state index contributed by atoms with van der Waals surface area (Å²) in [6, 6.07) is 7.67. The summed E-state index contributed by atoms with van der Waals surface area (Å²) in [7, 11) is 0. The van der Waals surface area contributed by atoms with Crippen molar-refractivity contribution in [3.05, 3.63) is 54.1 Å². The highest BCUT2D eigenvalue weighted by molar-refractivity contribution is 5.30. The largest absolute Gasteiger partial charge is 0.573 e. The summed E-state index contributed by atoms with van der Waals surface area (Å²) in [6.45, 7) is 0.708. The van der Waals surface area contributed by atoms with Gasteiger partial charge in [-0.25, -0.2) is 4.39 Å². The fourth-order valence-corrected chi connectivity index (χ4v) is 1.90. The Labute approximate surface area is 129 Å². The van der Waals surface area contributed by atoms with Crippen LogP contribution in [0.2, 0.25) is 0 Å². The topological polar surface area (TPSA) is 57.4 Å². The predicted octanol–water partition coefficient (Wildman–Crippen LogP) is 3.59. The fraction of sp³-hybridized carbons (Fsp3) is 0.267. The number of aromatic nitrogens is 1. The maximum Gasteiger partial charge on any atom is 0.573 e. The Hall–Kier alpha value is -2.35. The Bertz CT molecular complexity index is 649. The lowest BCUT2D eigenvalue weighted by Gasteiger charge is -2.20. The van der Waals surface area contributed by atoms with Crippen LogP contribution in [-0.4, -0.2) is 18.0 Å². The average molecular weight is 330 g/mol. The summed E-state index contributed by atoms with van der Waals surface area (Å²) in [5.41, 5.74) is 6.69. The molecule has 0 amide bonds. The standard InChI is InChI=1S/C8H10N2O.C7H4F4O/c9-6-3-5-11-7-2-1-4-10-8(6)7;8-5-2-1-3-6(4-5)12-7(9,10)11/h1-2,4,6H,3,5,9H2;1-4H/t6-;/m1./s1. The summed E-state index contributed by atoms with van der Waals surface area (Å²) in [6.07, 6.45) is -2.16. The van der Waals surface area contributed by atoms with Crippen molar-refractivity contribution >= 4 is 0 Å². The molecule has 23 heavy (non-hydrogen) atoms. The van der Waals surface area contributed by atoms with Crippen LogP contribution in [0.4, 0.5) is 17.6 Å². The van der Waals surface area contributed by atoms with E-state index >= 15 is 0 Å². The van der Waals surface area contributed by atoms with Crippen molar-refractivity contribution < 1.29 is 27.0 Å². The number of benzene rings is 1. The van der Waals surface area contributed by atoms with Crippen molar-refractivity contribution in [2.45, 2.75) is 18.8 Å². The number of fused-ring (bicyclic) bond motifs is 1. The molecule has 4 nitrogen and oxygen atoms in total. The Morgan fingerprint density at radius 2 is 2.00 bits per heavy atom. The molecule has 1 aliphatic rings. The molecule has 0 bridgehead atoms. The molecule has 1 aromatic carbocycles. The number of ether oxygens (including phenoxy) is 2. The van der Waals surface area contributed by atoms with Gasteiger partial charge in [0.25, 0.3) is 0 Å². The van der Waals surface area contributed by atoms with Crippen LogP contribution in [0.25, 0.3) is 0 Å². The quantitative estimate of drug-likeness (QED) is 0.812. The first-order valence-electron chi connectivity index (χ1n) is 6.70. The molecule has 0 saturated heterocycles. The Morgan fingerprint density at radius 3 is 2.65 bits per heavy atom.